The highest BCUT2D eigenvalue weighted by Crippen LogP contribution is 2.31. The molecule has 0 saturated carbocycles. The number of hydrogen-bond acceptors (Lipinski definition) is 11. The molecule has 0 unspecified atom stereocenters. The SMILES string of the molecule is C#CCNc1c(NC[C@H]2O[C@@H](n3cnc4c(=O)[nH]c(N)nc43)[C@H](O)[C@@H]2O)c(=O)c1=O. The third kappa shape index (κ3) is 2.99. The fourth-order valence-corrected chi connectivity index (χ4v) is 3.33. The molecule has 0 spiro atoms. The lowest BCUT2D eigenvalue weighted by Crippen LogP contribution is -2.41. The third-order valence-corrected chi connectivity index (χ3v) is 4.82. The standard InChI is InChI=1S/C17H17N7O6/c1-2-3-19-7-8(12(27)11(7)26)20-4-6-10(25)13(28)16(30-6)24-5-21-9-14(24)22-17(18)23-15(9)29/h1,5-6,10,13,16,19-20,25,28H,3-4H2,(H3,18,22,23,29)/t6-,10-,13-,16-/m1/s1. The van der Waals surface area contributed by atoms with Gasteiger partial charge in [0.1, 0.15) is 29.7 Å². The highest BCUT2D eigenvalue weighted by atomic mass is 16.6. The number of hydrogen-bond donors (Lipinski definition) is 6. The van der Waals surface area contributed by atoms with Gasteiger partial charge >= 0.3 is 0 Å². The summed E-state index contributed by atoms with van der Waals surface area (Å²) >= 11 is 0. The lowest BCUT2D eigenvalue weighted by atomic mass is 10.1. The van der Waals surface area contributed by atoms with Gasteiger partial charge in [0.25, 0.3) is 16.4 Å². The van der Waals surface area contributed by atoms with Gasteiger partial charge in [-0.2, -0.15) is 4.98 Å². The van der Waals surface area contributed by atoms with Crippen molar-refractivity contribution in [3.8, 4) is 12.3 Å². The van der Waals surface area contributed by atoms with E-state index in [0.29, 0.717) is 0 Å². The van der Waals surface area contributed by atoms with Crippen molar-refractivity contribution in [2.24, 2.45) is 0 Å². The number of anilines is 3. The number of ether oxygens (including phenoxy) is 1. The van der Waals surface area contributed by atoms with Gasteiger partial charge in [-0.05, 0) is 0 Å². The number of aliphatic hydroxyl groups excluding tert-OH is 2. The number of nitrogens with two attached hydrogens (primary N) is 1. The summed E-state index contributed by atoms with van der Waals surface area (Å²) in [4.78, 5) is 45.6. The normalized spacial score (nSPS) is 23.6. The van der Waals surface area contributed by atoms with E-state index in [2.05, 4.69) is 31.5 Å². The molecule has 1 aliphatic heterocycles. The maximum atomic E-state index is 11.9. The van der Waals surface area contributed by atoms with Crippen LogP contribution in [0.3, 0.4) is 0 Å². The average Bonchev–Trinajstić information content (AvgIpc) is 3.25. The number of aromatic amines is 1. The second-order valence-electron chi connectivity index (χ2n) is 6.67. The Balaban J connectivity index is 1.53. The summed E-state index contributed by atoms with van der Waals surface area (Å²) in [6, 6.07) is 0. The number of H-pyrrole nitrogens is 1. The average molecular weight is 415 g/mol. The zero-order chi connectivity index (χ0) is 21.6. The molecular formula is C17H17N7O6. The summed E-state index contributed by atoms with van der Waals surface area (Å²) in [5, 5.41) is 26.2. The summed E-state index contributed by atoms with van der Waals surface area (Å²) < 4.78 is 7.00. The zero-order valence-electron chi connectivity index (χ0n) is 15.3. The predicted octanol–water partition coefficient (Wildman–Crippen LogP) is -2.93. The third-order valence-electron chi connectivity index (χ3n) is 4.82. The molecule has 1 fully saturated rings. The van der Waals surface area contributed by atoms with Crippen LogP contribution >= 0.6 is 0 Å². The monoisotopic (exact) mass is 415 g/mol. The first kappa shape index (κ1) is 19.6. The number of terminal acetylenes is 1. The molecular weight excluding hydrogens is 398 g/mol. The number of rotatable bonds is 6. The van der Waals surface area contributed by atoms with Gasteiger partial charge in [0.05, 0.1) is 12.9 Å². The first-order valence-electron chi connectivity index (χ1n) is 8.82. The van der Waals surface area contributed by atoms with Crippen molar-refractivity contribution >= 4 is 28.5 Å². The maximum absolute atomic E-state index is 11.9. The highest BCUT2D eigenvalue weighted by Gasteiger charge is 2.44. The molecule has 1 aromatic carbocycles. The summed E-state index contributed by atoms with van der Waals surface area (Å²) in [5.41, 5.74) is 3.73. The van der Waals surface area contributed by atoms with E-state index in [1.54, 1.807) is 0 Å². The molecule has 1 aliphatic rings. The van der Waals surface area contributed by atoms with Crippen molar-refractivity contribution in [3.63, 3.8) is 0 Å². The minimum Gasteiger partial charge on any atom is -0.387 e. The first-order valence-corrected chi connectivity index (χ1v) is 8.82. The number of aliphatic hydroxyl groups is 2. The predicted molar refractivity (Wildman–Crippen MR) is 106 cm³/mol. The maximum Gasteiger partial charge on any atom is 0.280 e. The van der Waals surface area contributed by atoms with Crippen LogP contribution in [0.2, 0.25) is 0 Å². The van der Waals surface area contributed by atoms with E-state index in [4.69, 9.17) is 16.9 Å². The van der Waals surface area contributed by atoms with Gasteiger partial charge in [-0.3, -0.25) is 23.9 Å². The molecule has 2 aromatic heterocycles. The largest absolute Gasteiger partial charge is 0.387 e. The van der Waals surface area contributed by atoms with Crippen LogP contribution in [-0.4, -0.2) is 61.1 Å². The van der Waals surface area contributed by atoms with Crippen LogP contribution in [0.4, 0.5) is 17.3 Å². The summed E-state index contributed by atoms with van der Waals surface area (Å²) in [7, 11) is 0. The van der Waals surface area contributed by atoms with Crippen molar-refractivity contribution in [3.05, 3.63) is 37.1 Å². The lowest BCUT2D eigenvalue weighted by molar-refractivity contribution is -0.0312. The number of nitrogen functional groups attached to an aromatic ring is 1. The van der Waals surface area contributed by atoms with Crippen LogP contribution in [-0.2, 0) is 4.74 Å². The van der Waals surface area contributed by atoms with E-state index in [1.807, 2.05) is 0 Å². The minimum atomic E-state index is -1.39. The summed E-state index contributed by atoms with van der Waals surface area (Å²) in [5.74, 6) is 2.15. The molecule has 4 rings (SSSR count). The molecule has 4 atom stereocenters. The van der Waals surface area contributed by atoms with E-state index in [1.165, 1.54) is 10.9 Å². The Bertz CT molecular complexity index is 1280. The Kier molecular flexibility index (Phi) is 4.74. The van der Waals surface area contributed by atoms with Crippen molar-refractivity contribution in [2.75, 3.05) is 29.5 Å². The Morgan fingerprint density at radius 3 is 2.63 bits per heavy atom. The molecule has 3 heterocycles. The lowest BCUT2D eigenvalue weighted by Gasteiger charge is -2.18. The number of nitrogens with zero attached hydrogens (tertiary/aromatic N) is 3. The fourth-order valence-electron chi connectivity index (χ4n) is 3.33. The first-order chi connectivity index (χ1) is 14.3. The van der Waals surface area contributed by atoms with E-state index in [9.17, 15) is 24.6 Å². The number of nitrogens with one attached hydrogen (secondary N) is 3. The van der Waals surface area contributed by atoms with Crippen LogP contribution in [0.5, 0.6) is 0 Å². The fraction of sp³-hybridized carbons (Fsp3) is 0.353. The number of aromatic nitrogens is 4. The van der Waals surface area contributed by atoms with E-state index in [0.717, 1.165) is 0 Å². The Morgan fingerprint density at radius 2 is 1.93 bits per heavy atom. The Morgan fingerprint density at radius 1 is 1.23 bits per heavy atom. The Labute approximate surface area is 167 Å². The van der Waals surface area contributed by atoms with Gasteiger partial charge < -0.3 is 31.3 Å². The van der Waals surface area contributed by atoms with Crippen LogP contribution in [0.15, 0.2) is 20.7 Å². The molecule has 3 aromatic rings. The molecule has 0 bridgehead atoms. The quantitative estimate of drug-likeness (QED) is 0.178. The molecule has 0 radical (unpaired) electrons. The van der Waals surface area contributed by atoms with E-state index in [-0.39, 0.29) is 41.6 Å². The van der Waals surface area contributed by atoms with E-state index < -0.39 is 41.0 Å². The molecule has 0 amide bonds. The summed E-state index contributed by atoms with van der Waals surface area (Å²) in [6.07, 6.45) is 1.58. The molecule has 1 saturated heterocycles. The van der Waals surface area contributed by atoms with Crippen LogP contribution in [0.25, 0.3) is 11.2 Å². The molecule has 13 nitrogen and oxygen atoms in total. The molecule has 156 valence electrons. The van der Waals surface area contributed by atoms with Crippen molar-refractivity contribution in [2.45, 2.75) is 24.5 Å². The number of imidazole rings is 1. The topological polar surface area (TPSA) is 197 Å². The highest BCUT2D eigenvalue weighted by molar-refractivity contribution is 5.74. The second-order valence-corrected chi connectivity index (χ2v) is 6.67. The summed E-state index contributed by atoms with van der Waals surface area (Å²) in [6.45, 7) is -0.0288. The van der Waals surface area contributed by atoms with Crippen LogP contribution in [0, 0.1) is 12.3 Å². The number of fused-ring (bicyclic) bond motifs is 1. The van der Waals surface area contributed by atoms with Gasteiger partial charge in [0, 0.05) is 6.54 Å². The van der Waals surface area contributed by atoms with Crippen LogP contribution < -0.4 is 32.8 Å². The van der Waals surface area contributed by atoms with Gasteiger partial charge in [-0.15, -0.1) is 6.42 Å². The van der Waals surface area contributed by atoms with Crippen LogP contribution in [0.1, 0.15) is 6.23 Å². The van der Waals surface area contributed by atoms with Gasteiger partial charge in [0.2, 0.25) is 5.95 Å². The molecule has 7 N–H and O–H groups in total. The minimum absolute atomic E-state index is 0.0102. The van der Waals surface area contributed by atoms with Gasteiger partial charge in [0.15, 0.2) is 17.4 Å². The Hall–Kier alpha value is -3.73. The van der Waals surface area contributed by atoms with Gasteiger partial charge in [-0.25, -0.2) is 4.98 Å². The van der Waals surface area contributed by atoms with Crippen molar-refractivity contribution < 1.29 is 14.9 Å². The van der Waals surface area contributed by atoms with Crippen molar-refractivity contribution in [1.82, 2.24) is 19.5 Å². The smallest absolute Gasteiger partial charge is 0.280 e. The zero-order valence-corrected chi connectivity index (χ0v) is 15.3. The van der Waals surface area contributed by atoms with E-state index >= 15 is 0 Å². The van der Waals surface area contributed by atoms with Gasteiger partial charge in [-0.1, -0.05) is 5.92 Å². The molecule has 30 heavy (non-hydrogen) atoms. The molecule has 0 aliphatic carbocycles. The van der Waals surface area contributed by atoms with Crippen molar-refractivity contribution in [1.29, 1.82) is 0 Å². The molecule has 13 heteroatoms. The second kappa shape index (κ2) is 7.26.